The van der Waals surface area contributed by atoms with E-state index >= 15 is 0 Å². The van der Waals surface area contributed by atoms with Crippen molar-refractivity contribution >= 4 is 23.2 Å². The van der Waals surface area contributed by atoms with Gasteiger partial charge in [-0.05, 0) is 37.6 Å². The van der Waals surface area contributed by atoms with Crippen LogP contribution in [0.15, 0.2) is 18.2 Å². The number of hydrogen-bond acceptors (Lipinski definition) is 2. The largest absolute Gasteiger partial charge is 0.309 e. The van der Waals surface area contributed by atoms with Crippen molar-refractivity contribution in [2.75, 3.05) is 6.54 Å². The van der Waals surface area contributed by atoms with Gasteiger partial charge in [-0.1, -0.05) is 23.2 Å². The Morgan fingerprint density at radius 1 is 1.38 bits per heavy atom. The minimum atomic E-state index is -0.0135. The molecule has 0 saturated carbocycles. The molecule has 1 rings (SSSR count). The summed E-state index contributed by atoms with van der Waals surface area (Å²) in [5, 5.41) is 13.3. The molecule has 1 aromatic rings. The van der Waals surface area contributed by atoms with Gasteiger partial charge < -0.3 is 5.32 Å². The van der Waals surface area contributed by atoms with Crippen LogP contribution in [0.3, 0.4) is 0 Å². The molecule has 0 aromatic heterocycles. The number of benzene rings is 1. The molecule has 0 fully saturated rings. The standard InChI is InChI=1S/C12H14Cl2N2/c1-8(6-15)7-16-9(2)11-5-10(13)3-4-12(11)14/h3-5,8-9,16H,7H2,1-2H3. The minimum absolute atomic E-state index is 0.0135. The average molecular weight is 257 g/mol. The number of hydrogen-bond donors (Lipinski definition) is 1. The molecule has 0 aliphatic heterocycles. The average Bonchev–Trinajstić information content (AvgIpc) is 2.28. The molecule has 0 amide bonds. The third-order valence-corrected chi connectivity index (χ3v) is 2.95. The molecule has 86 valence electrons. The van der Waals surface area contributed by atoms with E-state index in [0.717, 1.165) is 5.56 Å². The lowest BCUT2D eigenvalue weighted by atomic mass is 10.1. The lowest BCUT2D eigenvalue weighted by molar-refractivity contribution is 0.528. The maximum absolute atomic E-state index is 8.68. The number of nitrogens with zero attached hydrogens (tertiary/aromatic N) is 1. The van der Waals surface area contributed by atoms with E-state index in [1.54, 1.807) is 12.1 Å². The first-order valence-electron chi connectivity index (χ1n) is 5.12. The maximum Gasteiger partial charge on any atom is 0.0666 e. The van der Waals surface area contributed by atoms with Gasteiger partial charge in [0.25, 0.3) is 0 Å². The van der Waals surface area contributed by atoms with Gasteiger partial charge in [0.15, 0.2) is 0 Å². The number of nitriles is 1. The Morgan fingerprint density at radius 2 is 2.06 bits per heavy atom. The first kappa shape index (κ1) is 13.3. The molecule has 4 heteroatoms. The van der Waals surface area contributed by atoms with E-state index in [1.807, 2.05) is 19.9 Å². The fourth-order valence-electron chi connectivity index (χ4n) is 1.36. The van der Waals surface area contributed by atoms with E-state index in [-0.39, 0.29) is 12.0 Å². The fraction of sp³-hybridized carbons (Fsp3) is 0.417. The van der Waals surface area contributed by atoms with Crippen LogP contribution < -0.4 is 5.32 Å². The van der Waals surface area contributed by atoms with Crippen LogP contribution in [0.25, 0.3) is 0 Å². The second kappa shape index (κ2) is 6.10. The summed E-state index contributed by atoms with van der Waals surface area (Å²) in [6.45, 7) is 4.52. The highest BCUT2D eigenvalue weighted by Gasteiger charge is 2.10. The van der Waals surface area contributed by atoms with Gasteiger partial charge in [0.1, 0.15) is 0 Å². The van der Waals surface area contributed by atoms with E-state index in [0.29, 0.717) is 16.6 Å². The van der Waals surface area contributed by atoms with Gasteiger partial charge in [-0.2, -0.15) is 5.26 Å². The SMILES string of the molecule is CC(C#N)CNC(C)c1cc(Cl)ccc1Cl. The highest BCUT2D eigenvalue weighted by Crippen LogP contribution is 2.26. The van der Waals surface area contributed by atoms with Crippen molar-refractivity contribution in [3.05, 3.63) is 33.8 Å². The Hall–Kier alpha value is -0.750. The quantitative estimate of drug-likeness (QED) is 0.890. The molecule has 0 heterocycles. The van der Waals surface area contributed by atoms with E-state index < -0.39 is 0 Å². The monoisotopic (exact) mass is 256 g/mol. The van der Waals surface area contributed by atoms with Gasteiger partial charge >= 0.3 is 0 Å². The van der Waals surface area contributed by atoms with Gasteiger partial charge in [0, 0.05) is 22.6 Å². The van der Waals surface area contributed by atoms with Crippen molar-refractivity contribution in [2.24, 2.45) is 5.92 Å². The van der Waals surface area contributed by atoms with Crippen molar-refractivity contribution in [3.63, 3.8) is 0 Å². The van der Waals surface area contributed by atoms with Crippen LogP contribution in [-0.2, 0) is 0 Å². The van der Waals surface area contributed by atoms with Crippen LogP contribution in [-0.4, -0.2) is 6.54 Å². The zero-order valence-electron chi connectivity index (χ0n) is 9.30. The summed E-state index contributed by atoms with van der Waals surface area (Å²) in [7, 11) is 0. The maximum atomic E-state index is 8.68. The highest BCUT2D eigenvalue weighted by molar-refractivity contribution is 6.33. The van der Waals surface area contributed by atoms with Crippen LogP contribution in [0, 0.1) is 17.2 Å². The summed E-state index contributed by atoms with van der Waals surface area (Å²) in [4.78, 5) is 0. The van der Waals surface area contributed by atoms with Crippen LogP contribution in [0.2, 0.25) is 10.0 Å². The normalized spacial score (nSPS) is 14.2. The van der Waals surface area contributed by atoms with Crippen molar-refractivity contribution < 1.29 is 0 Å². The Labute approximate surface area is 106 Å². The van der Waals surface area contributed by atoms with Crippen molar-refractivity contribution in [1.29, 1.82) is 5.26 Å². The topological polar surface area (TPSA) is 35.8 Å². The van der Waals surface area contributed by atoms with Gasteiger partial charge in [0.05, 0.1) is 12.0 Å². The second-order valence-corrected chi connectivity index (χ2v) is 4.67. The smallest absolute Gasteiger partial charge is 0.0666 e. The molecule has 0 spiro atoms. The molecule has 1 aromatic carbocycles. The van der Waals surface area contributed by atoms with Crippen LogP contribution >= 0.6 is 23.2 Å². The zero-order chi connectivity index (χ0) is 12.1. The Balaban J connectivity index is 2.69. The molecule has 2 unspecified atom stereocenters. The van der Waals surface area contributed by atoms with Crippen LogP contribution in [0.5, 0.6) is 0 Å². The van der Waals surface area contributed by atoms with Crippen LogP contribution in [0.1, 0.15) is 25.5 Å². The van der Waals surface area contributed by atoms with Gasteiger partial charge in [0.2, 0.25) is 0 Å². The van der Waals surface area contributed by atoms with Crippen molar-refractivity contribution in [3.8, 4) is 6.07 Å². The lowest BCUT2D eigenvalue weighted by Crippen LogP contribution is -2.24. The molecule has 0 bridgehead atoms. The predicted octanol–water partition coefficient (Wildman–Crippen LogP) is 3.80. The van der Waals surface area contributed by atoms with Gasteiger partial charge in [-0.3, -0.25) is 0 Å². The molecule has 16 heavy (non-hydrogen) atoms. The van der Waals surface area contributed by atoms with Crippen molar-refractivity contribution in [1.82, 2.24) is 5.32 Å². The molecular formula is C12H14Cl2N2. The van der Waals surface area contributed by atoms with E-state index in [9.17, 15) is 0 Å². The molecule has 0 aliphatic rings. The zero-order valence-corrected chi connectivity index (χ0v) is 10.8. The molecule has 0 saturated heterocycles. The molecule has 2 atom stereocenters. The molecule has 0 aliphatic carbocycles. The third-order valence-electron chi connectivity index (χ3n) is 2.38. The van der Waals surface area contributed by atoms with Crippen LogP contribution in [0.4, 0.5) is 0 Å². The number of nitrogens with one attached hydrogen (secondary N) is 1. The number of halogens is 2. The Kier molecular flexibility index (Phi) is 5.08. The summed E-state index contributed by atoms with van der Waals surface area (Å²) >= 11 is 12.0. The third kappa shape index (κ3) is 3.68. The van der Waals surface area contributed by atoms with Gasteiger partial charge in [-0.25, -0.2) is 0 Å². The first-order chi connectivity index (χ1) is 7.54. The lowest BCUT2D eigenvalue weighted by Gasteiger charge is -2.16. The van der Waals surface area contributed by atoms with Crippen molar-refractivity contribution in [2.45, 2.75) is 19.9 Å². The summed E-state index contributed by atoms with van der Waals surface area (Å²) in [6.07, 6.45) is 0. The Bertz CT molecular complexity index is 398. The number of rotatable bonds is 4. The summed E-state index contributed by atoms with van der Waals surface area (Å²) < 4.78 is 0. The summed E-state index contributed by atoms with van der Waals surface area (Å²) in [5.74, 6) is -0.0135. The fourth-order valence-corrected chi connectivity index (χ4v) is 1.82. The molecule has 0 radical (unpaired) electrons. The molecule has 2 nitrogen and oxygen atoms in total. The van der Waals surface area contributed by atoms with E-state index in [4.69, 9.17) is 28.5 Å². The molecular weight excluding hydrogens is 243 g/mol. The summed E-state index contributed by atoms with van der Waals surface area (Å²) in [6, 6.07) is 7.65. The highest BCUT2D eigenvalue weighted by atomic mass is 35.5. The summed E-state index contributed by atoms with van der Waals surface area (Å²) in [5.41, 5.74) is 0.958. The predicted molar refractivity (Wildman–Crippen MR) is 67.7 cm³/mol. The first-order valence-corrected chi connectivity index (χ1v) is 5.88. The van der Waals surface area contributed by atoms with Gasteiger partial charge in [-0.15, -0.1) is 0 Å². The Morgan fingerprint density at radius 3 is 2.69 bits per heavy atom. The second-order valence-electron chi connectivity index (χ2n) is 3.83. The molecule has 1 N–H and O–H groups in total. The van der Waals surface area contributed by atoms with E-state index in [1.165, 1.54) is 0 Å². The van der Waals surface area contributed by atoms with E-state index in [2.05, 4.69) is 11.4 Å². The minimum Gasteiger partial charge on any atom is -0.309 e.